The van der Waals surface area contributed by atoms with Gasteiger partial charge in [0, 0.05) is 0 Å². The van der Waals surface area contributed by atoms with E-state index in [-0.39, 0.29) is 23.9 Å². The average Bonchev–Trinajstić information content (AvgIpc) is 1.35. The van der Waals surface area contributed by atoms with Crippen LogP contribution in [0.1, 0.15) is 6.92 Å². The summed E-state index contributed by atoms with van der Waals surface area (Å²) >= 11 is 0. The molecule has 0 heterocycles. The molecule has 0 spiro atoms. The Morgan fingerprint density at radius 2 is 1.44 bits per heavy atom. The zero-order chi connectivity index (χ0) is 5.21. The molecule has 0 aromatic rings. The van der Waals surface area contributed by atoms with Gasteiger partial charge in [-0.05, 0) is 6.16 Å². The molecule has 0 aliphatic rings. The Labute approximate surface area is 53.9 Å². The Balaban J connectivity index is -0.0000000417. The van der Waals surface area contributed by atoms with Gasteiger partial charge in [0.25, 0.3) is 0 Å². The van der Waals surface area contributed by atoms with E-state index in [9.17, 15) is 14.4 Å². The second kappa shape index (κ2) is 8.03. The van der Waals surface area contributed by atoms with Crippen LogP contribution in [0.25, 0.3) is 0 Å². The highest BCUT2D eigenvalue weighted by Gasteiger charge is 1.76. The minimum atomic E-state index is -4.15. The maximum absolute atomic E-state index is 9.47. The summed E-state index contributed by atoms with van der Waals surface area (Å²) in [5.74, 6) is 0. The Morgan fingerprint density at radius 3 is 1.44 bits per heavy atom. The van der Waals surface area contributed by atoms with Crippen molar-refractivity contribution in [2.45, 2.75) is 6.92 Å². The fourth-order valence-corrected chi connectivity index (χ4v) is 0. The second-order valence-corrected chi connectivity index (χ2v) is 2.78. The van der Waals surface area contributed by atoms with Crippen LogP contribution in [0.3, 0.4) is 0 Å². The van der Waals surface area contributed by atoms with Crippen molar-refractivity contribution in [2.24, 2.45) is 0 Å². The van der Waals surface area contributed by atoms with E-state index in [2.05, 4.69) is 0 Å². The van der Waals surface area contributed by atoms with Crippen molar-refractivity contribution in [3.05, 3.63) is 0 Å². The van der Waals surface area contributed by atoms with Gasteiger partial charge in [-0.25, -0.2) is 0 Å². The third kappa shape index (κ3) is 31.8. The fourth-order valence-electron chi connectivity index (χ4n) is 0. The Bertz CT molecular complexity index is 80.6. The third-order valence-electron chi connectivity index (χ3n) is 0.387. The van der Waals surface area contributed by atoms with E-state index in [0.29, 0.717) is 0 Å². The van der Waals surface area contributed by atoms with Gasteiger partial charge in [0.15, 0.2) is 0 Å². The van der Waals surface area contributed by atoms with Crippen molar-refractivity contribution in [1.82, 2.24) is 12.3 Å². The lowest BCUT2D eigenvalue weighted by Crippen LogP contribution is -2.14. The number of rotatable bonds is 1. The molecular weight excluding hydrogens is 147 g/mol. The van der Waals surface area contributed by atoms with Crippen molar-refractivity contribution >= 4 is 7.60 Å². The number of hydrogen-bond donors (Lipinski definition) is 2. The van der Waals surface area contributed by atoms with E-state index in [0.717, 1.165) is 0 Å². The topological polar surface area (TPSA) is 168 Å². The molecule has 7 heteroatoms. The largest absolute Gasteiger partial charge is 0.811 e. The Hall–Kier alpha value is 0.0300. The van der Waals surface area contributed by atoms with E-state index in [1.165, 1.54) is 6.92 Å². The van der Waals surface area contributed by atoms with Crippen LogP contribution in [0.5, 0.6) is 0 Å². The van der Waals surface area contributed by atoms with Crippen LogP contribution in [-0.2, 0) is 4.57 Å². The smallest absolute Gasteiger partial charge is 0.0279 e. The minimum absolute atomic E-state index is 0. The zero-order valence-corrected chi connectivity index (χ0v) is 6.77. The molecule has 0 atom stereocenters. The van der Waals surface area contributed by atoms with Crippen LogP contribution < -0.4 is 22.1 Å². The summed E-state index contributed by atoms with van der Waals surface area (Å²) in [5, 5.41) is 0. The van der Waals surface area contributed by atoms with E-state index in [4.69, 9.17) is 0 Å². The minimum Gasteiger partial charge on any atom is -0.811 e. The second-order valence-electron chi connectivity index (χ2n) is 0.927. The predicted molar refractivity (Wildman–Crippen MR) is 33.7 cm³/mol. The van der Waals surface area contributed by atoms with Gasteiger partial charge in [-0.3, -0.25) is 0 Å². The monoisotopic (exact) mass is 162 g/mol. The molecule has 10 N–H and O–H groups in total. The molecule has 0 rings (SSSR count). The van der Waals surface area contributed by atoms with Crippen LogP contribution in [0.4, 0.5) is 0 Å². The molecular formula is C2H15N2O4P. The first-order valence-corrected chi connectivity index (χ1v) is 3.30. The summed E-state index contributed by atoms with van der Waals surface area (Å²) < 4.78 is 9.47. The fraction of sp³-hybridized carbons (Fsp3) is 1.00. The van der Waals surface area contributed by atoms with Crippen LogP contribution in [-0.4, -0.2) is 11.6 Å². The molecule has 0 fully saturated rings. The zero-order valence-electron chi connectivity index (χ0n) is 5.88. The highest BCUT2D eigenvalue weighted by molar-refractivity contribution is 7.48. The quantitative estimate of drug-likeness (QED) is 0.464. The summed E-state index contributed by atoms with van der Waals surface area (Å²) in [7, 11) is -4.15. The average molecular weight is 162 g/mol. The van der Waals surface area contributed by atoms with Crippen LogP contribution >= 0.6 is 7.60 Å². The molecule has 0 unspecified atom stereocenters. The first-order chi connectivity index (χ1) is 2.56. The van der Waals surface area contributed by atoms with Gasteiger partial charge < -0.3 is 32.1 Å². The summed E-state index contributed by atoms with van der Waals surface area (Å²) in [6.45, 7) is 1.32. The molecule has 0 amide bonds. The number of hydrogen-bond acceptors (Lipinski definition) is 3. The van der Waals surface area contributed by atoms with E-state index < -0.39 is 7.60 Å². The SMILES string of the molecule is CCP(=O)([O-])[O-].O.[NH4+].[NH4+]. The Kier molecular flexibility index (Phi) is 20.5. The van der Waals surface area contributed by atoms with Crippen molar-refractivity contribution < 1.29 is 19.8 Å². The first kappa shape index (κ1) is 23.0. The van der Waals surface area contributed by atoms with Crippen LogP contribution in [0.15, 0.2) is 0 Å². The molecule has 0 aliphatic heterocycles. The predicted octanol–water partition coefficient (Wildman–Crippen LogP) is -1.15. The van der Waals surface area contributed by atoms with Crippen molar-refractivity contribution in [1.29, 1.82) is 0 Å². The third-order valence-corrected chi connectivity index (χ3v) is 1.16. The van der Waals surface area contributed by atoms with Gasteiger partial charge in [0.2, 0.25) is 0 Å². The highest BCUT2D eigenvalue weighted by atomic mass is 31.2. The molecule has 0 saturated carbocycles. The van der Waals surface area contributed by atoms with Crippen LogP contribution in [0.2, 0.25) is 0 Å². The number of quaternary nitrogens is 2. The standard InChI is InChI=1S/C2H7O3P.2H3N.H2O/c1-2-6(3,4)5;;;/h2H2,1H3,(H2,3,4,5);2*1H3;1H2. The van der Waals surface area contributed by atoms with Crippen molar-refractivity contribution in [2.75, 3.05) is 6.16 Å². The van der Waals surface area contributed by atoms with Gasteiger partial charge in [0.1, 0.15) is 0 Å². The van der Waals surface area contributed by atoms with Crippen LogP contribution in [0, 0.1) is 0 Å². The molecule has 6 nitrogen and oxygen atoms in total. The molecule has 0 aromatic carbocycles. The molecule has 0 aliphatic carbocycles. The van der Waals surface area contributed by atoms with Gasteiger partial charge >= 0.3 is 0 Å². The Morgan fingerprint density at radius 1 is 1.33 bits per heavy atom. The van der Waals surface area contributed by atoms with Gasteiger partial charge in [-0.2, -0.15) is 0 Å². The summed E-state index contributed by atoms with van der Waals surface area (Å²) in [6, 6.07) is 0. The molecule has 0 aromatic heterocycles. The lowest BCUT2D eigenvalue weighted by Gasteiger charge is -2.26. The maximum atomic E-state index is 9.47. The van der Waals surface area contributed by atoms with Gasteiger partial charge in [-0.15, -0.1) is 0 Å². The molecule has 0 bridgehead atoms. The molecule has 0 saturated heterocycles. The van der Waals surface area contributed by atoms with E-state index in [1.54, 1.807) is 0 Å². The van der Waals surface area contributed by atoms with E-state index in [1.807, 2.05) is 0 Å². The van der Waals surface area contributed by atoms with Gasteiger partial charge in [0.05, 0.1) is 0 Å². The maximum Gasteiger partial charge on any atom is -0.0279 e. The van der Waals surface area contributed by atoms with E-state index >= 15 is 0 Å². The lowest BCUT2D eigenvalue weighted by molar-refractivity contribution is -0.313. The molecule has 62 valence electrons. The summed E-state index contributed by atoms with van der Waals surface area (Å²) in [4.78, 5) is 18.9. The summed E-state index contributed by atoms with van der Waals surface area (Å²) in [5.41, 5.74) is 0. The first-order valence-electron chi connectivity index (χ1n) is 1.57. The van der Waals surface area contributed by atoms with Gasteiger partial charge in [-0.1, -0.05) is 14.5 Å². The lowest BCUT2D eigenvalue weighted by atomic mass is 11.0. The molecule has 0 radical (unpaired) electrons. The highest BCUT2D eigenvalue weighted by Crippen LogP contribution is 2.19. The van der Waals surface area contributed by atoms with Crippen molar-refractivity contribution in [3.63, 3.8) is 0 Å². The molecule has 9 heavy (non-hydrogen) atoms. The normalized spacial score (nSPS) is 7.89. The summed E-state index contributed by atoms with van der Waals surface area (Å²) in [6.07, 6.45) is -0.285. The van der Waals surface area contributed by atoms with Crippen molar-refractivity contribution in [3.8, 4) is 0 Å².